The Morgan fingerprint density at radius 3 is 2.83 bits per heavy atom. The van der Waals surface area contributed by atoms with Crippen molar-refractivity contribution in [2.45, 2.75) is 6.43 Å². The van der Waals surface area contributed by atoms with Gasteiger partial charge in [0.1, 0.15) is 17.3 Å². The predicted molar refractivity (Wildman–Crippen MR) is 41.5 cm³/mol. The second-order valence-corrected chi connectivity index (χ2v) is 2.39. The quantitative estimate of drug-likeness (QED) is 0.744. The summed E-state index contributed by atoms with van der Waals surface area (Å²) in [6.45, 7) is -0.437. The molecule has 0 unspecified atom stereocenters. The summed E-state index contributed by atoms with van der Waals surface area (Å²) in [4.78, 5) is 7.27. The number of nitrogens with one attached hydrogen (secondary N) is 1. The van der Waals surface area contributed by atoms with Gasteiger partial charge in [-0.2, -0.15) is 0 Å². The Balaban J connectivity index is 2.52. The lowest BCUT2D eigenvalue weighted by Crippen LogP contribution is -2.11. The second kappa shape index (κ2) is 4.15. The molecule has 0 fully saturated rings. The summed E-state index contributed by atoms with van der Waals surface area (Å²) in [5, 5.41) is 2.62. The molecule has 0 saturated carbocycles. The summed E-state index contributed by atoms with van der Waals surface area (Å²) >= 11 is 5.48. The van der Waals surface area contributed by atoms with E-state index >= 15 is 0 Å². The lowest BCUT2D eigenvalue weighted by molar-refractivity contribution is 0.163. The summed E-state index contributed by atoms with van der Waals surface area (Å²) < 4.78 is 23.4. The molecule has 0 radical (unpaired) electrons. The normalized spacial score (nSPS) is 10.3. The molecule has 1 aromatic rings. The van der Waals surface area contributed by atoms with Gasteiger partial charge in [-0.25, -0.2) is 18.7 Å². The molecule has 0 spiro atoms. The highest BCUT2D eigenvalue weighted by molar-refractivity contribution is 6.29. The molecule has 0 aliphatic carbocycles. The van der Waals surface area contributed by atoms with Crippen molar-refractivity contribution in [2.24, 2.45) is 0 Å². The minimum absolute atomic E-state index is 0.224. The molecule has 0 aliphatic heterocycles. The Hall–Kier alpha value is -0.970. The molecule has 1 aromatic heterocycles. The SMILES string of the molecule is FC(F)CNc1cc(Cl)ncn1. The van der Waals surface area contributed by atoms with Gasteiger partial charge in [0.2, 0.25) is 0 Å². The Kier molecular flexibility index (Phi) is 3.16. The lowest BCUT2D eigenvalue weighted by atomic mass is 10.5. The predicted octanol–water partition coefficient (Wildman–Crippen LogP) is 1.81. The van der Waals surface area contributed by atoms with Crippen LogP contribution in [0.5, 0.6) is 0 Å². The van der Waals surface area contributed by atoms with Gasteiger partial charge in [-0.3, -0.25) is 0 Å². The van der Waals surface area contributed by atoms with Gasteiger partial charge in [0.05, 0.1) is 6.54 Å². The minimum atomic E-state index is -2.40. The Morgan fingerprint density at radius 1 is 1.50 bits per heavy atom. The van der Waals surface area contributed by atoms with E-state index < -0.39 is 13.0 Å². The first-order valence-corrected chi connectivity index (χ1v) is 3.56. The molecule has 0 aromatic carbocycles. The maximum absolute atomic E-state index is 11.7. The van der Waals surface area contributed by atoms with E-state index in [9.17, 15) is 8.78 Å². The first kappa shape index (κ1) is 9.12. The maximum atomic E-state index is 11.7. The molecule has 0 atom stereocenters. The van der Waals surface area contributed by atoms with Crippen LogP contribution in [0.2, 0.25) is 5.15 Å². The van der Waals surface area contributed by atoms with Crippen LogP contribution in [-0.4, -0.2) is 22.9 Å². The first-order valence-electron chi connectivity index (χ1n) is 3.18. The summed E-state index contributed by atoms with van der Waals surface area (Å²) in [5.41, 5.74) is 0. The number of anilines is 1. The van der Waals surface area contributed by atoms with E-state index in [-0.39, 0.29) is 5.15 Å². The van der Waals surface area contributed by atoms with Crippen molar-refractivity contribution < 1.29 is 8.78 Å². The monoisotopic (exact) mass is 193 g/mol. The molecular weight excluding hydrogens is 188 g/mol. The van der Waals surface area contributed by atoms with E-state index in [1.165, 1.54) is 12.4 Å². The van der Waals surface area contributed by atoms with Crippen LogP contribution in [0.25, 0.3) is 0 Å². The fraction of sp³-hybridized carbons (Fsp3) is 0.333. The molecule has 0 bridgehead atoms. The van der Waals surface area contributed by atoms with Crippen molar-refractivity contribution in [2.75, 3.05) is 11.9 Å². The summed E-state index contributed by atoms with van der Waals surface area (Å²) in [6.07, 6.45) is -1.20. The van der Waals surface area contributed by atoms with Crippen molar-refractivity contribution in [3.05, 3.63) is 17.5 Å². The van der Waals surface area contributed by atoms with Crippen molar-refractivity contribution in [3.63, 3.8) is 0 Å². The average Bonchev–Trinajstić information content (AvgIpc) is 2.01. The molecule has 6 heteroatoms. The molecule has 0 aliphatic rings. The standard InChI is InChI=1S/C6H6ClF2N3/c7-4-1-6(12-3-11-4)10-2-5(8)9/h1,3,5H,2H2,(H,10,11,12). The average molecular weight is 194 g/mol. The third kappa shape index (κ3) is 2.96. The van der Waals surface area contributed by atoms with Crippen LogP contribution in [0.1, 0.15) is 0 Å². The van der Waals surface area contributed by atoms with Crippen molar-refractivity contribution in [3.8, 4) is 0 Å². The Morgan fingerprint density at radius 2 is 2.25 bits per heavy atom. The Labute approximate surface area is 72.8 Å². The Bertz CT molecular complexity index is 256. The van der Waals surface area contributed by atoms with Crippen LogP contribution in [0.15, 0.2) is 12.4 Å². The van der Waals surface area contributed by atoms with Gasteiger partial charge in [0, 0.05) is 6.07 Å². The van der Waals surface area contributed by atoms with E-state index in [0.29, 0.717) is 5.82 Å². The molecule has 66 valence electrons. The molecule has 1 heterocycles. The van der Waals surface area contributed by atoms with Gasteiger partial charge in [-0.05, 0) is 0 Å². The zero-order valence-corrected chi connectivity index (χ0v) is 6.72. The fourth-order valence-electron chi connectivity index (χ4n) is 0.612. The highest BCUT2D eigenvalue weighted by Gasteiger charge is 2.02. The van der Waals surface area contributed by atoms with E-state index in [1.54, 1.807) is 0 Å². The number of hydrogen-bond acceptors (Lipinski definition) is 3. The summed E-state index contributed by atoms with van der Waals surface area (Å²) in [5.74, 6) is 0.301. The van der Waals surface area contributed by atoms with Crippen LogP contribution in [0.3, 0.4) is 0 Å². The van der Waals surface area contributed by atoms with Gasteiger partial charge in [0.15, 0.2) is 0 Å². The molecule has 0 amide bonds. The highest BCUT2D eigenvalue weighted by atomic mass is 35.5. The third-order valence-electron chi connectivity index (χ3n) is 1.07. The molecule has 1 N–H and O–H groups in total. The van der Waals surface area contributed by atoms with E-state index in [1.807, 2.05) is 0 Å². The first-order chi connectivity index (χ1) is 5.68. The van der Waals surface area contributed by atoms with Gasteiger partial charge < -0.3 is 5.32 Å². The van der Waals surface area contributed by atoms with Crippen LogP contribution in [-0.2, 0) is 0 Å². The van der Waals surface area contributed by atoms with Gasteiger partial charge in [0.25, 0.3) is 6.43 Å². The second-order valence-electron chi connectivity index (χ2n) is 2.00. The number of nitrogens with zero attached hydrogens (tertiary/aromatic N) is 2. The topological polar surface area (TPSA) is 37.8 Å². The molecule has 3 nitrogen and oxygen atoms in total. The maximum Gasteiger partial charge on any atom is 0.255 e. The number of aromatic nitrogens is 2. The van der Waals surface area contributed by atoms with Crippen LogP contribution in [0.4, 0.5) is 14.6 Å². The summed E-state index contributed by atoms with van der Waals surface area (Å²) in [7, 11) is 0. The van der Waals surface area contributed by atoms with Gasteiger partial charge >= 0.3 is 0 Å². The number of hydrogen-bond donors (Lipinski definition) is 1. The molecular formula is C6H6ClF2N3. The van der Waals surface area contributed by atoms with E-state index in [0.717, 1.165) is 0 Å². The van der Waals surface area contributed by atoms with Gasteiger partial charge in [-0.1, -0.05) is 11.6 Å². The van der Waals surface area contributed by atoms with Crippen molar-refractivity contribution in [1.29, 1.82) is 0 Å². The smallest absolute Gasteiger partial charge is 0.255 e. The molecule has 1 rings (SSSR count). The summed E-state index contributed by atoms with van der Waals surface area (Å²) in [6, 6.07) is 1.38. The van der Waals surface area contributed by atoms with E-state index in [4.69, 9.17) is 11.6 Å². The fourth-order valence-corrected chi connectivity index (χ4v) is 0.759. The van der Waals surface area contributed by atoms with E-state index in [2.05, 4.69) is 15.3 Å². The molecule has 12 heavy (non-hydrogen) atoms. The van der Waals surface area contributed by atoms with Crippen molar-refractivity contribution in [1.82, 2.24) is 9.97 Å². The van der Waals surface area contributed by atoms with Crippen LogP contribution < -0.4 is 5.32 Å². The number of halogens is 3. The largest absolute Gasteiger partial charge is 0.364 e. The van der Waals surface area contributed by atoms with Crippen LogP contribution in [0, 0.1) is 0 Å². The highest BCUT2D eigenvalue weighted by Crippen LogP contribution is 2.08. The minimum Gasteiger partial charge on any atom is -0.364 e. The number of rotatable bonds is 3. The molecule has 0 saturated heterocycles. The third-order valence-corrected chi connectivity index (χ3v) is 1.28. The number of alkyl halides is 2. The van der Waals surface area contributed by atoms with Gasteiger partial charge in [-0.15, -0.1) is 0 Å². The van der Waals surface area contributed by atoms with Crippen molar-refractivity contribution >= 4 is 17.4 Å². The lowest BCUT2D eigenvalue weighted by Gasteiger charge is -2.02. The zero-order chi connectivity index (χ0) is 8.97. The zero-order valence-electron chi connectivity index (χ0n) is 5.97. The van der Waals surface area contributed by atoms with Crippen LogP contribution >= 0.6 is 11.6 Å².